The first kappa shape index (κ1) is 15.6. The van der Waals surface area contributed by atoms with Crippen molar-refractivity contribution in [1.82, 2.24) is 0 Å². The van der Waals surface area contributed by atoms with Crippen molar-refractivity contribution in [2.24, 2.45) is 5.92 Å². The second kappa shape index (κ2) is 6.80. The molecule has 0 radical (unpaired) electrons. The summed E-state index contributed by atoms with van der Waals surface area (Å²) in [5.41, 5.74) is 1.89. The van der Waals surface area contributed by atoms with Gasteiger partial charge in [-0.3, -0.25) is 0 Å². The van der Waals surface area contributed by atoms with E-state index in [1.54, 1.807) is 0 Å². The summed E-state index contributed by atoms with van der Waals surface area (Å²) in [6, 6.07) is 9.74. The highest BCUT2D eigenvalue weighted by molar-refractivity contribution is 5.33. The van der Waals surface area contributed by atoms with E-state index in [1.165, 1.54) is 11.6 Å². The predicted octanol–water partition coefficient (Wildman–Crippen LogP) is 5.34. The summed E-state index contributed by atoms with van der Waals surface area (Å²) in [7, 11) is 0. The third kappa shape index (κ3) is 4.93. The zero-order valence-corrected chi connectivity index (χ0v) is 11.7. The maximum atomic E-state index is 12.0. The van der Waals surface area contributed by atoms with Crippen LogP contribution in [0.3, 0.4) is 0 Å². The van der Waals surface area contributed by atoms with E-state index in [-0.39, 0.29) is 0 Å². The summed E-state index contributed by atoms with van der Waals surface area (Å²) in [5.74, 6) is 0.832. The Balaban J connectivity index is 1.83. The van der Waals surface area contributed by atoms with Crippen molar-refractivity contribution in [3.63, 3.8) is 0 Å². The molecule has 2 rings (SSSR count). The van der Waals surface area contributed by atoms with Crippen LogP contribution in [-0.4, -0.2) is 6.18 Å². The van der Waals surface area contributed by atoms with Crippen LogP contribution >= 0.6 is 0 Å². The SMILES string of the molecule is N#Cc1ccc(C2CCC(C/C=C/C(F)(F)F)CC2)cc1. The normalized spacial score (nSPS) is 23.1. The second-order valence-corrected chi connectivity index (χ2v) is 5.63. The number of rotatable bonds is 3. The summed E-state index contributed by atoms with van der Waals surface area (Å²) in [4.78, 5) is 0. The molecule has 1 aliphatic rings. The fourth-order valence-corrected chi connectivity index (χ4v) is 2.96. The van der Waals surface area contributed by atoms with Gasteiger partial charge in [-0.1, -0.05) is 18.2 Å². The van der Waals surface area contributed by atoms with E-state index in [1.807, 2.05) is 24.3 Å². The molecule has 0 heterocycles. The van der Waals surface area contributed by atoms with Crippen LogP contribution in [0.5, 0.6) is 0 Å². The first-order valence-electron chi connectivity index (χ1n) is 7.22. The van der Waals surface area contributed by atoms with E-state index in [0.717, 1.165) is 25.7 Å². The predicted molar refractivity (Wildman–Crippen MR) is 75.7 cm³/mol. The van der Waals surface area contributed by atoms with Gasteiger partial charge in [-0.05, 0) is 61.6 Å². The number of nitrogens with zero attached hydrogens (tertiary/aromatic N) is 1. The molecule has 1 nitrogen and oxygen atoms in total. The van der Waals surface area contributed by atoms with Crippen molar-refractivity contribution in [1.29, 1.82) is 5.26 Å². The number of hydrogen-bond donors (Lipinski definition) is 0. The molecular weight excluding hydrogens is 275 g/mol. The first-order chi connectivity index (χ1) is 9.98. The largest absolute Gasteiger partial charge is 0.409 e. The van der Waals surface area contributed by atoms with E-state index in [4.69, 9.17) is 5.26 Å². The Morgan fingerprint density at radius 2 is 1.71 bits per heavy atom. The number of halogens is 3. The van der Waals surface area contributed by atoms with E-state index in [2.05, 4.69) is 6.07 Å². The Labute approximate surface area is 123 Å². The molecule has 0 unspecified atom stereocenters. The maximum Gasteiger partial charge on any atom is 0.409 e. The maximum absolute atomic E-state index is 12.0. The number of benzene rings is 1. The second-order valence-electron chi connectivity index (χ2n) is 5.63. The lowest BCUT2D eigenvalue weighted by Gasteiger charge is -2.28. The standard InChI is InChI=1S/C17H18F3N/c18-17(19,20)11-1-2-13-3-7-15(8-4-13)16-9-5-14(12-21)6-10-16/h1,5-6,9-11,13,15H,2-4,7-8H2/b11-1+. The first-order valence-corrected chi connectivity index (χ1v) is 7.22. The van der Waals surface area contributed by atoms with Gasteiger partial charge in [0.25, 0.3) is 0 Å². The van der Waals surface area contributed by atoms with Gasteiger partial charge < -0.3 is 0 Å². The molecule has 0 aliphatic heterocycles. The topological polar surface area (TPSA) is 23.8 Å². The molecule has 0 spiro atoms. The van der Waals surface area contributed by atoms with Crippen LogP contribution in [0.25, 0.3) is 0 Å². The highest BCUT2D eigenvalue weighted by atomic mass is 19.4. The van der Waals surface area contributed by atoms with Gasteiger partial charge in [-0.2, -0.15) is 18.4 Å². The van der Waals surface area contributed by atoms with E-state index in [9.17, 15) is 13.2 Å². The third-order valence-electron chi connectivity index (χ3n) is 4.13. The Hall–Kier alpha value is -1.76. The van der Waals surface area contributed by atoms with Crippen LogP contribution in [0.2, 0.25) is 0 Å². The number of allylic oxidation sites excluding steroid dienone is 2. The molecule has 1 aliphatic carbocycles. The van der Waals surface area contributed by atoms with Crippen molar-refractivity contribution >= 4 is 0 Å². The quantitative estimate of drug-likeness (QED) is 0.690. The van der Waals surface area contributed by atoms with E-state index in [0.29, 0.717) is 29.9 Å². The lowest BCUT2D eigenvalue weighted by Crippen LogP contribution is -2.13. The molecule has 21 heavy (non-hydrogen) atoms. The molecule has 112 valence electrons. The van der Waals surface area contributed by atoms with E-state index >= 15 is 0 Å². The van der Waals surface area contributed by atoms with Gasteiger partial charge in [0, 0.05) is 6.08 Å². The summed E-state index contributed by atoms with van der Waals surface area (Å²) >= 11 is 0. The molecular formula is C17H18F3N. The summed E-state index contributed by atoms with van der Waals surface area (Å²) in [6.07, 6.45) is 1.87. The molecule has 0 aromatic heterocycles. The van der Waals surface area contributed by atoms with Gasteiger partial charge in [0.15, 0.2) is 0 Å². The Kier molecular flexibility index (Phi) is 5.06. The smallest absolute Gasteiger partial charge is 0.192 e. The average Bonchev–Trinajstić information content (AvgIpc) is 2.47. The highest BCUT2D eigenvalue weighted by Gasteiger charge is 2.24. The van der Waals surface area contributed by atoms with Gasteiger partial charge in [0.2, 0.25) is 0 Å². The fraction of sp³-hybridized carbons (Fsp3) is 0.471. The minimum absolute atomic E-state index is 0.347. The summed E-state index contributed by atoms with van der Waals surface area (Å²) in [6.45, 7) is 0. The van der Waals surface area contributed by atoms with Crippen molar-refractivity contribution in [2.75, 3.05) is 0 Å². The molecule has 1 fully saturated rings. The van der Waals surface area contributed by atoms with Gasteiger partial charge in [0.05, 0.1) is 11.6 Å². The van der Waals surface area contributed by atoms with Gasteiger partial charge in [-0.15, -0.1) is 0 Å². The molecule has 0 bridgehead atoms. The molecule has 4 heteroatoms. The Morgan fingerprint density at radius 3 is 2.24 bits per heavy atom. The zero-order valence-electron chi connectivity index (χ0n) is 11.7. The Morgan fingerprint density at radius 1 is 1.10 bits per heavy atom. The summed E-state index contributed by atoms with van der Waals surface area (Å²) < 4.78 is 36.1. The van der Waals surface area contributed by atoms with E-state index < -0.39 is 6.18 Å². The monoisotopic (exact) mass is 293 g/mol. The van der Waals surface area contributed by atoms with Gasteiger partial charge in [0.1, 0.15) is 0 Å². The van der Waals surface area contributed by atoms with Gasteiger partial charge >= 0.3 is 6.18 Å². The molecule has 0 N–H and O–H groups in total. The lowest BCUT2D eigenvalue weighted by molar-refractivity contribution is -0.0801. The molecule has 1 aromatic rings. The highest BCUT2D eigenvalue weighted by Crippen LogP contribution is 2.37. The van der Waals surface area contributed by atoms with Crippen molar-refractivity contribution in [3.8, 4) is 6.07 Å². The van der Waals surface area contributed by atoms with Crippen molar-refractivity contribution < 1.29 is 13.2 Å². The molecule has 1 saturated carbocycles. The van der Waals surface area contributed by atoms with Crippen molar-refractivity contribution in [3.05, 3.63) is 47.5 Å². The Bertz CT molecular complexity index is 514. The third-order valence-corrected chi connectivity index (χ3v) is 4.13. The van der Waals surface area contributed by atoms with Crippen LogP contribution < -0.4 is 0 Å². The van der Waals surface area contributed by atoms with Crippen LogP contribution in [0.1, 0.15) is 49.1 Å². The van der Waals surface area contributed by atoms with Crippen LogP contribution in [-0.2, 0) is 0 Å². The number of alkyl halides is 3. The zero-order chi connectivity index (χ0) is 15.3. The average molecular weight is 293 g/mol. The lowest BCUT2D eigenvalue weighted by atomic mass is 9.77. The molecule has 0 saturated heterocycles. The van der Waals surface area contributed by atoms with Crippen LogP contribution in [0.4, 0.5) is 13.2 Å². The number of hydrogen-bond acceptors (Lipinski definition) is 1. The summed E-state index contributed by atoms with van der Waals surface area (Å²) in [5, 5.41) is 8.78. The molecule has 0 amide bonds. The molecule has 1 aromatic carbocycles. The van der Waals surface area contributed by atoms with Gasteiger partial charge in [-0.25, -0.2) is 0 Å². The van der Waals surface area contributed by atoms with Crippen LogP contribution in [0.15, 0.2) is 36.4 Å². The minimum Gasteiger partial charge on any atom is -0.192 e. The molecule has 0 atom stereocenters. The minimum atomic E-state index is -4.19. The number of nitriles is 1. The van der Waals surface area contributed by atoms with Crippen molar-refractivity contribution in [2.45, 2.75) is 44.2 Å². The van der Waals surface area contributed by atoms with Crippen LogP contribution in [0, 0.1) is 17.2 Å². The fourth-order valence-electron chi connectivity index (χ4n) is 2.96.